The van der Waals surface area contributed by atoms with Gasteiger partial charge in [0, 0.05) is 6.07 Å². The number of carbonyl (C=O) groups excluding carboxylic acids is 2. The van der Waals surface area contributed by atoms with Crippen LogP contribution in [0.4, 0.5) is 14.5 Å². The Morgan fingerprint density at radius 2 is 2.17 bits per heavy atom. The molecule has 1 aromatic rings. The Kier molecular flexibility index (Phi) is 6.04. The fourth-order valence-electron chi connectivity index (χ4n) is 2.79. The number of nitrogens with one attached hydrogen (secondary N) is 2. The third kappa shape index (κ3) is 4.99. The number of quaternary nitrogens is 1. The van der Waals surface area contributed by atoms with E-state index in [9.17, 15) is 18.4 Å². The third-order valence-corrected chi connectivity index (χ3v) is 3.85. The lowest BCUT2D eigenvalue weighted by Crippen LogP contribution is -3.14. The first kappa shape index (κ1) is 17.3. The van der Waals surface area contributed by atoms with Gasteiger partial charge in [-0.25, -0.2) is 8.78 Å². The number of benzene rings is 1. The number of piperidine rings is 1. The maximum absolute atomic E-state index is 13.5. The highest BCUT2D eigenvalue weighted by molar-refractivity contribution is 5.91. The number of carbonyl (C=O) groups is 2. The monoisotopic (exact) mass is 327 g/mol. The Hall–Kier alpha value is -2.02. The molecule has 126 valence electrons. The second kappa shape index (κ2) is 8.01. The smallest absolute Gasteiger partial charge is 0.314 e. The SMILES string of the molecule is CCOC(=O)[C@H]1CCC[NH+](CC(=O)Nc2ccc(F)cc2F)C1. The van der Waals surface area contributed by atoms with Crippen molar-refractivity contribution >= 4 is 17.6 Å². The molecule has 5 nitrogen and oxygen atoms in total. The quantitative estimate of drug-likeness (QED) is 0.785. The predicted molar refractivity (Wildman–Crippen MR) is 79.9 cm³/mol. The van der Waals surface area contributed by atoms with E-state index in [4.69, 9.17) is 4.74 Å². The molecule has 1 saturated heterocycles. The number of hydrogen-bond acceptors (Lipinski definition) is 3. The molecule has 23 heavy (non-hydrogen) atoms. The van der Waals surface area contributed by atoms with Crippen molar-refractivity contribution in [2.24, 2.45) is 5.92 Å². The first-order chi connectivity index (χ1) is 11.0. The molecule has 0 radical (unpaired) electrons. The minimum Gasteiger partial charge on any atom is -0.466 e. The molecule has 7 heteroatoms. The average Bonchev–Trinajstić information content (AvgIpc) is 2.50. The van der Waals surface area contributed by atoms with Crippen molar-refractivity contribution < 1.29 is 28.0 Å². The number of ether oxygens (including phenoxy) is 1. The van der Waals surface area contributed by atoms with Gasteiger partial charge in [-0.2, -0.15) is 0 Å². The van der Waals surface area contributed by atoms with Gasteiger partial charge in [0.05, 0.1) is 25.4 Å². The van der Waals surface area contributed by atoms with Crippen LogP contribution in [0, 0.1) is 17.6 Å². The van der Waals surface area contributed by atoms with Crippen LogP contribution in [-0.4, -0.2) is 38.1 Å². The Morgan fingerprint density at radius 3 is 2.87 bits per heavy atom. The summed E-state index contributed by atoms with van der Waals surface area (Å²) in [5.74, 6) is -2.30. The summed E-state index contributed by atoms with van der Waals surface area (Å²) >= 11 is 0. The van der Waals surface area contributed by atoms with Gasteiger partial charge < -0.3 is 15.0 Å². The van der Waals surface area contributed by atoms with E-state index in [0.29, 0.717) is 13.2 Å². The van der Waals surface area contributed by atoms with Gasteiger partial charge in [0.1, 0.15) is 17.6 Å². The van der Waals surface area contributed by atoms with Gasteiger partial charge in [-0.1, -0.05) is 0 Å². The van der Waals surface area contributed by atoms with Crippen LogP contribution >= 0.6 is 0 Å². The van der Waals surface area contributed by atoms with Crippen LogP contribution < -0.4 is 10.2 Å². The van der Waals surface area contributed by atoms with Crippen molar-refractivity contribution in [2.75, 3.05) is 31.6 Å². The highest BCUT2D eigenvalue weighted by Crippen LogP contribution is 2.14. The molecular formula is C16H21F2N2O3+. The molecule has 0 spiro atoms. The number of halogens is 2. The van der Waals surface area contributed by atoms with E-state index >= 15 is 0 Å². The first-order valence-electron chi connectivity index (χ1n) is 7.74. The molecule has 0 saturated carbocycles. The summed E-state index contributed by atoms with van der Waals surface area (Å²) in [6.45, 7) is 3.53. The summed E-state index contributed by atoms with van der Waals surface area (Å²) < 4.78 is 31.4. The third-order valence-electron chi connectivity index (χ3n) is 3.85. The van der Waals surface area contributed by atoms with Crippen LogP contribution in [0.1, 0.15) is 19.8 Å². The van der Waals surface area contributed by atoms with Crippen molar-refractivity contribution in [1.82, 2.24) is 0 Å². The maximum Gasteiger partial charge on any atom is 0.314 e. The predicted octanol–water partition coefficient (Wildman–Crippen LogP) is 0.761. The van der Waals surface area contributed by atoms with Crippen molar-refractivity contribution in [2.45, 2.75) is 19.8 Å². The van der Waals surface area contributed by atoms with E-state index in [-0.39, 0.29) is 30.0 Å². The van der Waals surface area contributed by atoms with Gasteiger partial charge in [0.15, 0.2) is 6.54 Å². The second-order valence-corrected chi connectivity index (χ2v) is 5.64. The van der Waals surface area contributed by atoms with Crippen LogP contribution in [0.3, 0.4) is 0 Å². The van der Waals surface area contributed by atoms with Gasteiger partial charge in [0.2, 0.25) is 0 Å². The molecule has 1 aliphatic rings. The largest absolute Gasteiger partial charge is 0.466 e. The van der Waals surface area contributed by atoms with Crippen LogP contribution in [-0.2, 0) is 14.3 Å². The molecule has 2 atom stereocenters. The fourth-order valence-corrected chi connectivity index (χ4v) is 2.79. The van der Waals surface area contributed by atoms with Crippen molar-refractivity contribution in [3.05, 3.63) is 29.8 Å². The van der Waals surface area contributed by atoms with Crippen molar-refractivity contribution in [1.29, 1.82) is 0 Å². The number of hydrogen-bond donors (Lipinski definition) is 2. The average molecular weight is 327 g/mol. The van der Waals surface area contributed by atoms with E-state index in [0.717, 1.165) is 36.4 Å². The highest BCUT2D eigenvalue weighted by Gasteiger charge is 2.30. The Morgan fingerprint density at radius 1 is 1.39 bits per heavy atom. The molecule has 1 heterocycles. The van der Waals surface area contributed by atoms with Gasteiger partial charge in [-0.05, 0) is 31.9 Å². The Labute approximate surface area is 133 Å². The lowest BCUT2D eigenvalue weighted by molar-refractivity contribution is -0.899. The molecule has 2 N–H and O–H groups in total. The van der Waals surface area contributed by atoms with Crippen molar-refractivity contribution in [3.63, 3.8) is 0 Å². The first-order valence-corrected chi connectivity index (χ1v) is 7.74. The van der Waals surface area contributed by atoms with Crippen LogP contribution in [0.15, 0.2) is 18.2 Å². The number of rotatable bonds is 5. The number of esters is 1. The second-order valence-electron chi connectivity index (χ2n) is 5.64. The molecule has 1 fully saturated rings. The summed E-state index contributed by atoms with van der Waals surface area (Å²) in [6.07, 6.45) is 1.59. The highest BCUT2D eigenvalue weighted by atomic mass is 19.1. The standard InChI is InChI=1S/C16H20F2N2O3/c1-2-23-16(22)11-4-3-7-20(9-11)10-15(21)19-14-6-5-12(17)8-13(14)18/h5-6,8,11H,2-4,7,9-10H2,1H3,(H,19,21)/p+1/t11-/m0/s1. The molecule has 2 rings (SSSR count). The molecule has 0 aliphatic carbocycles. The van der Waals surface area contributed by atoms with Gasteiger partial charge in [-0.15, -0.1) is 0 Å². The number of anilines is 1. The molecular weight excluding hydrogens is 306 g/mol. The molecule has 1 aromatic carbocycles. The summed E-state index contributed by atoms with van der Waals surface area (Å²) in [5.41, 5.74) is -0.0465. The Bertz CT molecular complexity index is 580. The summed E-state index contributed by atoms with van der Waals surface area (Å²) in [6, 6.07) is 3.00. The van der Waals surface area contributed by atoms with Crippen LogP contribution in [0.2, 0.25) is 0 Å². The minimum atomic E-state index is -0.809. The lowest BCUT2D eigenvalue weighted by atomic mass is 9.98. The zero-order valence-corrected chi connectivity index (χ0v) is 13.0. The number of amides is 1. The molecule has 0 bridgehead atoms. The zero-order valence-electron chi connectivity index (χ0n) is 13.0. The molecule has 0 aromatic heterocycles. The Balaban J connectivity index is 1.88. The zero-order chi connectivity index (χ0) is 16.8. The minimum absolute atomic E-state index is 0.0465. The van der Waals surface area contributed by atoms with E-state index in [1.54, 1.807) is 6.92 Å². The van der Waals surface area contributed by atoms with Gasteiger partial charge >= 0.3 is 5.97 Å². The van der Waals surface area contributed by atoms with E-state index in [1.165, 1.54) is 6.07 Å². The van der Waals surface area contributed by atoms with E-state index in [1.807, 2.05) is 0 Å². The fraction of sp³-hybridized carbons (Fsp3) is 0.500. The maximum atomic E-state index is 13.5. The summed E-state index contributed by atoms with van der Waals surface area (Å²) in [4.78, 5) is 24.7. The lowest BCUT2D eigenvalue weighted by Gasteiger charge is -2.28. The normalized spacial score (nSPS) is 20.8. The van der Waals surface area contributed by atoms with E-state index < -0.39 is 11.6 Å². The van der Waals surface area contributed by atoms with Gasteiger partial charge in [0.25, 0.3) is 5.91 Å². The molecule has 1 amide bonds. The summed E-state index contributed by atoms with van der Waals surface area (Å²) in [5, 5.41) is 2.44. The summed E-state index contributed by atoms with van der Waals surface area (Å²) in [7, 11) is 0. The van der Waals surface area contributed by atoms with Crippen LogP contribution in [0.25, 0.3) is 0 Å². The van der Waals surface area contributed by atoms with Gasteiger partial charge in [-0.3, -0.25) is 9.59 Å². The molecule has 1 unspecified atom stereocenters. The topological polar surface area (TPSA) is 59.8 Å². The van der Waals surface area contributed by atoms with Crippen LogP contribution in [0.5, 0.6) is 0 Å². The molecule has 1 aliphatic heterocycles. The number of likely N-dealkylation sites (tertiary alicyclic amines) is 1. The van der Waals surface area contributed by atoms with Crippen molar-refractivity contribution in [3.8, 4) is 0 Å². The van der Waals surface area contributed by atoms with E-state index in [2.05, 4.69) is 5.32 Å².